The molecule has 0 aliphatic carbocycles. The number of hydrogen-bond donors (Lipinski definition) is 1. The van der Waals surface area contributed by atoms with Gasteiger partial charge in [0.05, 0.1) is 15.1 Å². The van der Waals surface area contributed by atoms with Crippen LogP contribution in [0.2, 0.25) is 0 Å². The molecular weight excluding hydrogens is 318 g/mol. The first kappa shape index (κ1) is 14.9. The molecule has 0 saturated carbocycles. The summed E-state index contributed by atoms with van der Waals surface area (Å²) in [5, 5.41) is 13.4. The van der Waals surface area contributed by atoms with Crippen LogP contribution in [-0.2, 0) is 7.05 Å². The first-order chi connectivity index (χ1) is 11.0. The Morgan fingerprint density at radius 3 is 2.78 bits per heavy atom. The van der Waals surface area contributed by atoms with E-state index in [1.165, 1.54) is 28.8 Å². The van der Waals surface area contributed by atoms with Gasteiger partial charge in [-0.3, -0.25) is 19.7 Å². The smallest absolute Gasteiger partial charge is 0.307 e. The second kappa shape index (κ2) is 5.65. The molecule has 0 aliphatic rings. The van der Waals surface area contributed by atoms with Crippen molar-refractivity contribution in [3.63, 3.8) is 0 Å². The molecule has 1 heterocycles. The Morgan fingerprint density at radius 1 is 1.26 bits per heavy atom. The van der Waals surface area contributed by atoms with Gasteiger partial charge in [0, 0.05) is 30.4 Å². The zero-order valence-electron chi connectivity index (χ0n) is 12.0. The maximum atomic E-state index is 12.2. The Balaban J connectivity index is 1.89. The zero-order chi connectivity index (χ0) is 16.6. The Morgan fingerprint density at radius 2 is 2.04 bits per heavy atom. The number of hydrogen-bond acceptors (Lipinski definition) is 5. The van der Waals surface area contributed by atoms with E-state index in [0.717, 1.165) is 21.6 Å². The van der Waals surface area contributed by atoms with Gasteiger partial charge in [-0.05, 0) is 24.3 Å². The summed E-state index contributed by atoms with van der Waals surface area (Å²) in [5.74, 6) is -0.448. The predicted octanol–water partition coefficient (Wildman–Crippen LogP) is 2.76. The van der Waals surface area contributed by atoms with Crippen molar-refractivity contribution in [1.82, 2.24) is 4.57 Å². The summed E-state index contributed by atoms with van der Waals surface area (Å²) in [5.41, 5.74) is 1.36. The molecule has 3 rings (SSSR count). The molecule has 8 heteroatoms. The highest BCUT2D eigenvalue weighted by Gasteiger charge is 2.12. The van der Waals surface area contributed by atoms with Crippen molar-refractivity contribution < 1.29 is 9.72 Å². The lowest BCUT2D eigenvalue weighted by Crippen LogP contribution is -2.12. The van der Waals surface area contributed by atoms with Crippen molar-refractivity contribution in [2.45, 2.75) is 0 Å². The number of amides is 1. The third kappa shape index (κ3) is 2.84. The summed E-state index contributed by atoms with van der Waals surface area (Å²) in [6.07, 6.45) is 0. The van der Waals surface area contributed by atoms with Gasteiger partial charge in [-0.2, -0.15) is 0 Å². The van der Waals surface area contributed by atoms with Crippen LogP contribution in [0.3, 0.4) is 0 Å². The maximum absolute atomic E-state index is 12.2. The second-order valence-electron chi connectivity index (χ2n) is 4.87. The number of non-ortho nitro benzene ring substituents is 1. The number of nitrogens with zero attached hydrogens (tertiary/aromatic N) is 2. The SMILES string of the molecule is Cn1c(=O)sc2cc(NC(=O)c3cccc([N+](=O)[O-])c3)ccc21. The van der Waals surface area contributed by atoms with Crippen molar-refractivity contribution in [3.05, 3.63) is 67.8 Å². The fraction of sp³-hybridized carbons (Fsp3) is 0.0667. The monoisotopic (exact) mass is 329 g/mol. The van der Waals surface area contributed by atoms with Gasteiger partial charge in [0.2, 0.25) is 0 Å². The topological polar surface area (TPSA) is 94.2 Å². The molecule has 1 amide bonds. The molecule has 116 valence electrons. The minimum absolute atomic E-state index is 0.0813. The molecule has 0 unspecified atom stereocenters. The Kier molecular flexibility index (Phi) is 3.67. The molecule has 2 aromatic carbocycles. The molecule has 0 saturated heterocycles. The predicted molar refractivity (Wildman–Crippen MR) is 88.1 cm³/mol. The highest BCUT2D eigenvalue weighted by molar-refractivity contribution is 7.16. The highest BCUT2D eigenvalue weighted by Crippen LogP contribution is 2.22. The van der Waals surface area contributed by atoms with Gasteiger partial charge in [-0.15, -0.1) is 0 Å². The van der Waals surface area contributed by atoms with Crippen LogP contribution in [0.5, 0.6) is 0 Å². The lowest BCUT2D eigenvalue weighted by atomic mass is 10.2. The number of nitro groups is 1. The van der Waals surface area contributed by atoms with Crippen molar-refractivity contribution in [3.8, 4) is 0 Å². The summed E-state index contributed by atoms with van der Waals surface area (Å²) in [6, 6.07) is 10.6. The van der Waals surface area contributed by atoms with Crippen LogP contribution in [-0.4, -0.2) is 15.4 Å². The van der Waals surface area contributed by atoms with Crippen molar-refractivity contribution in [2.75, 3.05) is 5.32 Å². The van der Waals surface area contributed by atoms with E-state index in [9.17, 15) is 19.7 Å². The number of rotatable bonds is 3. The van der Waals surface area contributed by atoms with Crippen LogP contribution in [0.1, 0.15) is 10.4 Å². The average Bonchev–Trinajstić information content (AvgIpc) is 2.81. The molecular formula is C15H11N3O4S. The van der Waals surface area contributed by atoms with Crippen LogP contribution < -0.4 is 10.2 Å². The number of nitrogens with one attached hydrogen (secondary N) is 1. The van der Waals surface area contributed by atoms with Gasteiger partial charge in [0.1, 0.15) is 0 Å². The summed E-state index contributed by atoms with van der Waals surface area (Å²) in [4.78, 5) is 34.0. The quantitative estimate of drug-likeness (QED) is 0.590. The Labute approximate surface area is 133 Å². The van der Waals surface area contributed by atoms with Crippen molar-refractivity contribution >= 4 is 38.8 Å². The van der Waals surface area contributed by atoms with Crippen LogP contribution in [0.25, 0.3) is 10.2 Å². The Bertz CT molecular complexity index is 990. The average molecular weight is 329 g/mol. The number of nitro benzene ring substituents is 1. The largest absolute Gasteiger partial charge is 0.322 e. The van der Waals surface area contributed by atoms with Crippen LogP contribution in [0.15, 0.2) is 47.3 Å². The number of anilines is 1. The van der Waals surface area contributed by atoms with E-state index in [1.807, 2.05) is 0 Å². The minimum atomic E-state index is -0.551. The lowest BCUT2D eigenvalue weighted by molar-refractivity contribution is -0.384. The van der Waals surface area contributed by atoms with E-state index >= 15 is 0 Å². The zero-order valence-corrected chi connectivity index (χ0v) is 12.8. The second-order valence-corrected chi connectivity index (χ2v) is 5.86. The summed E-state index contributed by atoms with van der Waals surface area (Å²) < 4.78 is 2.29. The fourth-order valence-corrected chi connectivity index (χ4v) is 3.09. The van der Waals surface area contributed by atoms with Crippen LogP contribution in [0.4, 0.5) is 11.4 Å². The molecule has 7 nitrogen and oxygen atoms in total. The Hall–Kier alpha value is -3.00. The molecule has 3 aromatic rings. The van der Waals surface area contributed by atoms with Gasteiger partial charge in [0.15, 0.2) is 0 Å². The molecule has 0 bridgehead atoms. The van der Waals surface area contributed by atoms with Gasteiger partial charge in [0.25, 0.3) is 11.6 Å². The molecule has 0 aliphatic heterocycles. The molecule has 0 atom stereocenters. The fourth-order valence-electron chi connectivity index (χ4n) is 2.18. The van der Waals surface area contributed by atoms with Gasteiger partial charge in [-0.25, -0.2) is 0 Å². The van der Waals surface area contributed by atoms with E-state index in [4.69, 9.17) is 0 Å². The molecule has 23 heavy (non-hydrogen) atoms. The summed E-state index contributed by atoms with van der Waals surface area (Å²) in [7, 11) is 1.68. The van der Waals surface area contributed by atoms with Gasteiger partial charge in [-0.1, -0.05) is 17.4 Å². The van der Waals surface area contributed by atoms with Gasteiger partial charge >= 0.3 is 4.87 Å². The van der Waals surface area contributed by atoms with E-state index in [1.54, 1.807) is 25.2 Å². The third-order valence-corrected chi connectivity index (χ3v) is 4.36. The highest BCUT2D eigenvalue weighted by atomic mass is 32.1. The van der Waals surface area contributed by atoms with E-state index < -0.39 is 10.8 Å². The van der Waals surface area contributed by atoms with E-state index in [2.05, 4.69) is 5.32 Å². The lowest BCUT2D eigenvalue weighted by Gasteiger charge is -2.05. The number of aromatic nitrogens is 1. The standard InChI is InChI=1S/C15H11N3O4S/c1-17-12-6-5-10(8-13(12)23-15(17)20)16-14(19)9-3-2-4-11(7-9)18(21)22/h2-8H,1H3,(H,16,19). The molecule has 0 fully saturated rings. The summed E-state index contributed by atoms with van der Waals surface area (Å²) >= 11 is 1.09. The number of carbonyl (C=O) groups is 1. The first-order valence-electron chi connectivity index (χ1n) is 6.61. The molecule has 0 spiro atoms. The van der Waals surface area contributed by atoms with Crippen LogP contribution >= 0.6 is 11.3 Å². The molecule has 1 N–H and O–H groups in total. The number of aryl methyl sites for hydroxylation is 1. The number of benzene rings is 2. The normalized spacial score (nSPS) is 10.7. The maximum Gasteiger partial charge on any atom is 0.307 e. The number of fused-ring (bicyclic) bond motifs is 1. The third-order valence-electron chi connectivity index (χ3n) is 3.37. The van der Waals surface area contributed by atoms with Crippen molar-refractivity contribution in [1.29, 1.82) is 0 Å². The first-order valence-corrected chi connectivity index (χ1v) is 7.43. The molecule has 0 radical (unpaired) electrons. The molecule has 1 aromatic heterocycles. The summed E-state index contributed by atoms with van der Waals surface area (Å²) in [6.45, 7) is 0. The number of carbonyl (C=O) groups excluding carboxylic acids is 1. The van der Waals surface area contributed by atoms with Gasteiger partial charge < -0.3 is 9.88 Å². The van der Waals surface area contributed by atoms with E-state index in [0.29, 0.717) is 5.69 Å². The van der Waals surface area contributed by atoms with E-state index in [-0.39, 0.29) is 16.1 Å². The minimum Gasteiger partial charge on any atom is -0.322 e. The van der Waals surface area contributed by atoms with Crippen molar-refractivity contribution in [2.24, 2.45) is 7.05 Å². The van der Waals surface area contributed by atoms with Crippen LogP contribution in [0, 0.1) is 10.1 Å². The number of thiazole rings is 1.